The van der Waals surface area contributed by atoms with Crippen molar-refractivity contribution < 1.29 is 0 Å². The van der Waals surface area contributed by atoms with Gasteiger partial charge >= 0.3 is 0 Å². The first kappa shape index (κ1) is 20.8. The summed E-state index contributed by atoms with van der Waals surface area (Å²) in [7, 11) is 0. The molecule has 30 heavy (non-hydrogen) atoms. The molecule has 0 spiro atoms. The molecular formula is C28H31NS. The summed E-state index contributed by atoms with van der Waals surface area (Å²) in [6.07, 6.45) is 0. The molecule has 0 aliphatic rings. The van der Waals surface area contributed by atoms with E-state index >= 15 is 0 Å². The summed E-state index contributed by atoms with van der Waals surface area (Å²) < 4.78 is 1.29. The van der Waals surface area contributed by atoms with E-state index in [1.54, 1.807) is 11.3 Å². The van der Waals surface area contributed by atoms with Crippen molar-refractivity contribution in [2.24, 2.45) is 0 Å². The van der Waals surface area contributed by atoms with E-state index in [2.05, 4.69) is 95.9 Å². The third-order valence-electron chi connectivity index (χ3n) is 6.21. The molecule has 2 heteroatoms. The maximum absolute atomic E-state index is 4.56. The molecule has 1 heterocycles. The van der Waals surface area contributed by atoms with Crippen molar-refractivity contribution in [3.05, 3.63) is 75.8 Å². The van der Waals surface area contributed by atoms with Crippen molar-refractivity contribution in [1.82, 2.24) is 4.98 Å². The fourth-order valence-electron chi connectivity index (χ4n) is 4.36. The van der Waals surface area contributed by atoms with Crippen LogP contribution in [-0.4, -0.2) is 4.98 Å². The smallest absolute Gasteiger partial charge is 0.0818 e. The Bertz CT molecular complexity index is 1230. The van der Waals surface area contributed by atoms with Gasteiger partial charge in [0.05, 0.1) is 15.7 Å². The Morgan fingerprint density at radius 2 is 1.40 bits per heavy atom. The van der Waals surface area contributed by atoms with Crippen LogP contribution in [0.15, 0.2) is 48.0 Å². The van der Waals surface area contributed by atoms with E-state index in [0.717, 1.165) is 5.52 Å². The highest BCUT2D eigenvalue weighted by molar-refractivity contribution is 7.17. The lowest BCUT2D eigenvalue weighted by atomic mass is 9.84. The normalized spacial score (nSPS) is 11.8. The van der Waals surface area contributed by atoms with E-state index in [1.165, 1.54) is 54.8 Å². The SMILES string of the molecule is Cc1ccc(C(C)C)cc1-c1cc(C(C)C)c(-c2c(C)ccc3ncsc23)cc1C. The van der Waals surface area contributed by atoms with Gasteiger partial charge in [-0.1, -0.05) is 64.1 Å². The van der Waals surface area contributed by atoms with Gasteiger partial charge in [0.1, 0.15) is 0 Å². The van der Waals surface area contributed by atoms with Crippen molar-refractivity contribution >= 4 is 21.6 Å². The van der Waals surface area contributed by atoms with Crippen LogP contribution >= 0.6 is 11.3 Å². The van der Waals surface area contributed by atoms with Gasteiger partial charge in [0, 0.05) is 5.56 Å². The lowest BCUT2D eigenvalue weighted by Crippen LogP contribution is -1.99. The monoisotopic (exact) mass is 413 g/mol. The number of nitrogens with zero attached hydrogens (tertiary/aromatic N) is 1. The Morgan fingerprint density at radius 3 is 2.10 bits per heavy atom. The average Bonchev–Trinajstić information content (AvgIpc) is 3.16. The first-order valence-corrected chi connectivity index (χ1v) is 11.7. The number of rotatable bonds is 4. The number of aromatic nitrogens is 1. The standard InChI is InChI=1S/C28H31NS/c1-16(2)21-10-8-18(5)23(13-21)24-14-22(17(3)4)25(12-20(24)7)27-19(6)9-11-26-28(27)30-15-29-26/h8-17H,1-7H3. The van der Waals surface area contributed by atoms with Crippen LogP contribution in [-0.2, 0) is 0 Å². The van der Waals surface area contributed by atoms with Crippen molar-refractivity contribution in [3.8, 4) is 22.3 Å². The van der Waals surface area contributed by atoms with Crippen LogP contribution in [0.3, 0.4) is 0 Å². The van der Waals surface area contributed by atoms with Crippen LogP contribution in [0, 0.1) is 20.8 Å². The fraction of sp³-hybridized carbons (Fsp3) is 0.321. The highest BCUT2D eigenvalue weighted by Crippen LogP contribution is 2.42. The molecule has 0 radical (unpaired) electrons. The molecule has 4 rings (SSSR count). The predicted molar refractivity (Wildman–Crippen MR) is 133 cm³/mol. The van der Waals surface area contributed by atoms with Gasteiger partial charge in [0.2, 0.25) is 0 Å². The fourth-order valence-corrected chi connectivity index (χ4v) is 5.26. The molecule has 0 saturated carbocycles. The molecule has 0 bridgehead atoms. The topological polar surface area (TPSA) is 12.9 Å². The van der Waals surface area contributed by atoms with Gasteiger partial charge in [-0.3, -0.25) is 0 Å². The van der Waals surface area contributed by atoms with Crippen molar-refractivity contribution in [3.63, 3.8) is 0 Å². The molecule has 0 atom stereocenters. The Hall–Kier alpha value is -2.45. The molecule has 0 saturated heterocycles. The summed E-state index contributed by atoms with van der Waals surface area (Å²) in [6, 6.07) is 16.1. The van der Waals surface area contributed by atoms with E-state index < -0.39 is 0 Å². The molecule has 4 aromatic rings. The zero-order chi connectivity index (χ0) is 21.6. The maximum Gasteiger partial charge on any atom is 0.0818 e. The maximum atomic E-state index is 4.56. The molecule has 1 nitrogen and oxygen atoms in total. The number of fused-ring (bicyclic) bond motifs is 1. The number of aryl methyl sites for hydroxylation is 3. The second kappa shape index (κ2) is 8.00. The molecule has 0 N–H and O–H groups in total. The van der Waals surface area contributed by atoms with Crippen molar-refractivity contribution in [2.75, 3.05) is 0 Å². The van der Waals surface area contributed by atoms with E-state index in [0.29, 0.717) is 11.8 Å². The largest absolute Gasteiger partial charge is 0.245 e. The molecule has 0 amide bonds. The minimum absolute atomic E-state index is 0.440. The number of hydrogen-bond donors (Lipinski definition) is 0. The van der Waals surface area contributed by atoms with Crippen LogP contribution in [0.4, 0.5) is 0 Å². The summed E-state index contributed by atoms with van der Waals surface area (Å²) in [6.45, 7) is 15.8. The molecule has 0 fully saturated rings. The van der Waals surface area contributed by atoms with Crippen molar-refractivity contribution in [1.29, 1.82) is 0 Å². The van der Waals surface area contributed by atoms with Crippen LogP contribution in [0.2, 0.25) is 0 Å². The van der Waals surface area contributed by atoms with Gasteiger partial charge in [-0.15, -0.1) is 11.3 Å². The summed E-state index contributed by atoms with van der Waals surface area (Å²) in [5.74, 6) is 0.968. The molecule has 0 aliphatic carbocycles. The van der Waals surface area contributed by atoms with Gasteiger partial charge in [0.25, 0.3) is 0 Å². The second-order valence-corrected chi connectivity index (χ2v) is 9.95. The molecule has 154 valence electrons. The Labute approximate surface area is 184 Å². The third kappa shape index (κ3) is 3.58. The summed E-state index contributed by atoms with van der Waals surface area (Å²) >= 11 is 1.75. The summed E-state index contributed by atoms with van der Waals surface area (Å²) in [5.41, 5.74) is 15.3. The molecule has 0 unspecified atom stereocenters. The van der Waals surface area contributed by atoms with Gasteiger partial charge in [-0.05, 0) is 83.2 Å². The molecular weight excluding hydrogens is 382 g/mol. The minimum atomic E-state index is 0.440. The summed E-state index contributed by atoms with van der Waals surface area (Å²) in [4.78, 5) is 4.56. The lowest BCUT2D eigenvalue weighted by Gasteiger charge is -2.21. The Balaban J connectivity index is 1.99. The first-order chi connectivity index (χ1) is 14.3. The van der Waals surface area contributed by atoms with Gasteiger partial charge in [-0.2, -0.15) is 0 Å². The lowest BCUT2D eigenvalue weighted by molar-refractivity contribution is 0.865. The summed E-state index contributed by atoms with van der Waals surface area (Å²) in [5, 5.41) is 0. The zero-order valence-corrected chi connectivity index (χ0v) is 19.9. The van der Waals surface area contributed by atoms with Crippen LogP contribution in [0.25, 0.3) is 32.5 Å². The van der Waals surface area contributed by atoms with E-state index in [9.17, 15) is 0 Å². The van der Waals surface area contributed by atoms with Crippen LogP contribution < -0.4 is 0 Å². The van der Waals surface area contributed by atoms with Crippen molar-refractivity contribution in [2.45, 2.75) is 60.3 Å². The van der Waals surface area contributed by atoms with Crippen LogP contribution in [0.5, 0.6) is 0 Å². The van der Waals surface area contributed by atoms with Gasteiger partial charge in [0.15, 0.2) is 0 Å². The Kier molecular flexibility index (Phi) is 5.55. The van der Waals surface area contributed by atoms with E-state index in [-0.39, 0.29) is 0 Å². The third-order valence-corrected chi connectivity index (χ3v) is 7.07. The Morgan fingerprint density at radius 1 is 0.700 bits per heavy atom. The molecule has 0 aliphatic heterocycles. The highest BCUT2D eigenvalue weighted by Gasteiger charge is 2.18. The minimum Gasteiger partial charge on any atom is -0.245 e. The van der Waals surface area contributed by atoms with E-state index in [4.69, 9.17) is 0 Å². The molecule has 1 aromatic heterocycles. The first-order valence-electron chi connectivity index (χ1n) is 10.9. The number of benzene rings is 3. The van der Waals surface area contributed by atoms with Crippen LogP contribution in [0.1, 0.15) is 67.3 Å². The number of hydrogen-bond acceptors (Lipinski definition) is 2. The predicted octanol–water partition coefficient (Wildman–Crippen LogP) is 8.80. The second-order valence-electron chi connectivity index (χ2n) is 9.10. The quantitative estimate of drug-likeness (QED) is 0.326. The highest BCUT2D eigenvalue weighted by atomic mass is 32.1. The van der Waals surface area contributed by atoms with Gasteiger partial charge < -0.3 is 0 Å². The van der Waals surface area contributed by atoms with E-state index in [1.807, 2.05) is 5.51 Å². The molecule has 3 aromatic carbocycles. The zero-order valence-electron chi connectivity index (χ0n) is 19.1. The average molecular weight is 414 g/mol. The number of thiazole rings is 1. The van der Waals surface area contributed by atoms with Gasteiger partial charge in [-0.25, -0.2) is 4.98 Å².